The van der Waals surface area contributed by atoms with Gasteiger partial charge in [0.15, 0.2) is 11.2 Å². The molecular weight excluding hydrogens is 415 g/mol. The van der Waals surface area contributed by atoms with E-state index in [1.807, 2.05) is 0 Å². The molecule has 4 rings (SSSR count). The lowest BCUT2D eigenvalue weighted by Gasteiger charge is -2.12. The van der Waals surface area contributed by atoms with Gasteiger partial charge in [0.1, 0.15) is 11.1 Å². The minimum Gasteiger partial charge on any atom is -0.465 e. The highest BCUT2D eigenvalue weighted by Crippen LogP contribution is 2.35. The zero-order valence-electron chi connectivity index (χ0n) is 14.4. The number of carbonyl (C=O) groups is 1. The molecule has 3 aromatic heterocycles. The summed E-state index contributed by atoms with van der Waals surface area (Å²) in [7, 11) is 1.20. The number of nitrogens with zero attached hydrogens (tertiary/aromatic N) is 5. The Morgan fingerprint density at radius 3 is 2.62 bits per heavy atom. The summed E-state index contributed by atoms with van der Waals surface area (Å²) in [4.78, 5) is 24.6. The van der Waals surface area contributed by atoms with Crippen LogP contribution in [0.4, 0.5) is 13.2 Å². The minimum atomic E-state index is -4.61. The monoisotopic (exact) mass is 423 g/mol. The van der Waals surface area contributed by atoms with E-state index in [0.29, 0.717) is 0 Å². The number of rotatable bonds is 2. The Morgan fingerprint density at radius 1 is 1.21 bits per heavy atom. The number of alkyl halides is 3. The van der Waals surface area contributed by atoms with Gasteiger partial charge in [-0.05, 0) is 24.3 Å². The molecule has 3 heterocycles. The molecular formula is C17H9ClF3N5O3. The van der Waals surface area contributed by atoms with Crippen molar-refractivity contribution < 1.29 is 22.7 Å². The van der Waals surface area contributed by atoms with Crippen molar-refractivity contribution in [2.24, 2.45) is 0 Å². The Labute approximate surface area is 164 Å². The van der Waals surface area contributed by atoms with Gasteiger partial charge < -0.3 is 4.74 Å². The van der Waals surface area contributed by atoms with Gasteiger partial charge >= 0.3 is 12.1 Å². The summed E-state index contributed by atoms with van der Waals surface area (Å²) in [6.45, 7) is 0. The van der Waals surface area contributed by atoms with Crippen molar-refractivity contribution in [3.8, 4) is 5.69 Å². The molecule has 0 amide bonds. The molecule has 0 aliphatic rings. The minimum absolute atomic E-state index is 0.0700. The van der Waals surface area contributed by atoms with Crippen molar-refractivity contribution in [3.63, 3.8) is 0 Å². The van der Waals surface area contributed by atoms with Crippen LogP contribution in [0.25, 0.3) is 22.4 Å². The van der Waals surface area contributed by atoms with Crippen molar-refractivity contribution >= 4 is 34.3 Å². The normalized spacial score (nSPS) is 11.9. The molecule has 0 fully saturated rings. The van der Waals surface area contributed by atoms with Gasteiger partial charge in [-0.2, -0.15) is 18.3 Å². The first-order valence-electron chi connectivity index (χ1n) is 7.93. The van der Waals surface area contributed by atoms with Crippen LogP contribution in [0, 0.1) is 0 Å². The molecule has 0 atom stereocenters. The fourth-order valence-electron chi connectivity index (χ4n) is 2.83. The lowest BCUT2D eigenvalue weighted by molar-refractivity contribution is -0.137. The zero-order chi connectivity index (χ0) is 20.9. The number of aromatic nitrogens is 5. The molecule has 0 aliphatic heterocycles. The molecule has 0 spiro atoms. The standard InChI is InChI=1S/C17H9ClF3N5O3/c1-29-16(28)9-7-22-26-12-4-5-25(15(27)13(12)23-24-14(9)26)8-2-3-10(11(18)6-8)17(19,20)21/h2-7H,1H3. The number of halogens is 4. The number of ether oxygens (including phenoxy) is 1. The number of pyridine rings is 1. The molecule has 0 N–H and O–H groups in total. The Hall–Kier alpha value is -3.47. The van der Waals surface area contributed by atoms with Crippen molar-refractivity contribution in [3.05, 3.63) is 63.2 Å². The Bertz CT molecular complexity index is 1350. The third kappa shape index (κ3) is 2.99. The highest BCUT2D eigenvalue weighted by molar-refractivity contribution is 6.31. The summed E-state index contributed by atoms with van der Waals surface area (Å²) in [6, 6.07) is 4.42. The first-order chi connectivity index (χ1) is 13.7. The number of hydrogen-bond acceptors (Lipinski definition) is 6. The Balaban J connectivity index is 1.89. The molecule has 0 saturated heterocycles. The highest BCUT2D eigenvalue weighted by atomic mass is 35.5. The van der Waals surface area contributed by atoms with Crippen LogP contribution in [-0.2, 0) is 10.9 Å². The lowest BCUT2D eigenvalue weighted by atomic mass is 10.2. The van der Waals surface area contributed by atoms with E-state index in [0.717, 1.165) is 22.8 Å². The van der Waals surface area contributed by atoms with E-state index in [4.69, 9.17) is 11.6 Å². The largest absolute Gasteiger partial charge is 0.465 e. The first kappa shape index (κ1) is 18.9. The van der Waals surface area contributed by atoms with Gasteiger partial charge in [-0.25, -0.2) is 9.31 Å². The van der Waals surface area contributed by atoms with E-state index in [1.165, 1.54) is 30.1 Å². The summed E-state index contributed by atoms with van der Waals surface area (Å²) < 4.78 is 45.6. The van der Waals surface area contributed by atoms with Gasteiger partial charge in [-0.3, -0.25) is 9.36 Å². The number of esters is 1. The van der Waals surface area contributed by atoms with Crippen LogP contribution in [0.1, 0.15) is 15.9 Å². The van der Waals surface area contributed by atoms with Crippen molar-refractivity contribution in [2.45, 2.75) is 6.18 Å². The van der Waals surface area contributed by atoms with E-state index in [2.05, 4.69) is 20.0 Å². The van der Waals surface area contributed by atoms with Crippen LogP contribution in [0.3, 0.4) is 0 Å². The van der Waals surface area contributed by atoms with Gasteiger partial charge in [0.2, 0.25) is 0 Å². The van der Waals surface area contributed by atoms with E-state index < -0.39 is 28.3 Å². The van der Waals surface area contributed by atoms with Crippen molar-refractivity contribution in [1.29, 1.82) is 0 Å². The van der Waals surface area contributed by atoms with Gasteiger partial charge in [0, 0.05) is 6.20 Å². The fraction of sp³-hybridized carbons (Fsp3) is 0.118. The summed E-state index contributed by atoms with van der Waals surface area (Å²) in [5, 5.41) is 11.2. The van der Waals surface area contributed by atoms with E-state index >= 15 is 0 Å². The van der Waals surface area contributed by atoms with Crippen molar-refractivity contribution in [2.75, 3.05) is 7.11 Å². The average molecular weight is 424 g/mol. The molecule has 148 valence electrons. The fourth-order valence-corrected chi connectivity index (χ4v) is 3.12. The molecule has 12 heteroatoms. The van der Waals surface area contributed by atoms with Crippen LogP contribution in [0.15, 0.2) is 41.5 Å². The second-order valence-corrected chi connectivity index (χ2v) is 6.28. The summed E-state index contributed by atoms with van der Waals surface area (Å²) >= 11 is 5.74. The molecule has 1 aromatic carbocycles. The molecule has 8 nitrogen and oxygen atoms in total. The van der Waals surface area contributed by atoms with Gasteiger partial charge in [0.25, 0.3) is 5.56 Å². The lowest BCUT2D eigenvalue weighted by Crippen LogP contribution is -2.20. The molecule has 0 bridgehead atoms. The van der Waals surface area contributed by atoms with Crippen molar-refractivity contribution in [1.82, 2.24) is 24.4 Å². The second-order valence-electron chi connectivity index (χ2n) is 5.87. The zero-order valence-corrected chi connectivity index (χ0v) is 15.2. The summed E-state index contributed by atoms with van der Waals surface area (Å²) in [6.07, 6.45) is -2.04. The van der Waals surface area contributed by atoms with Crippen LogP contribution < -0.4 is 5.56 Å². The first-order valence-corrected chi connectivity index (χ1v) is 8.31. The van der Waals surface area contributed by atoms with Crippen LogP contribution in [-0.4, -0.2) is 37.5 Å². The number of benzene rings is 1. The molecule has 0 aliphatic carbocycles. The second kappa shape index (κ2) is 6.55. The van der Waals surface area contributed by atoms with Gasteiger partial charge in [0.05, 0.1) is 29.6 Å². The van der Waals surface area contributed by atoms with E-state index in [1.54, 1.807) is 0 Å². The summed E-state index contributed by atoms with van der Waals surface area (Å²) in [5.74, 6) is -0.665. The third-order valence-corrected chi connectivity index (χ3v) is 4.52. The highest BCUT2D eigenvalue weighted by Gasteiger charge is 2.33. The molecule has 0 radical (unpaired) electrons. The van der Waals surface area contributed by atoms with Crippen LogP contribution in [0.5, 0.6) is 0 Å². The quantitative estimate of drug-likeness (QED) is 0.460. The Kier molecular flexibility index (Phi) is 4.26. The predicted molar refractivity (Wildman–Crippen MR) is 95.2 cm³/mol. The van der Waals surface area contributed by atoms with Crippen LogP contribution >= 0.6 is 11.6 Å². The number of hydrogen-bond donors (Lipinski definition) is 0. The predicted octanol–water partition coefficient (Wildman–Crippen LogP) is 2.89. The molecule has 4 aromatic rings. The number of fused-ring (bicyclic) bond motifs is 3. The topological polar surface area (TPSA) is 91.4 Å². The Morgan fingerprint density at radius 2 is 1.97 bits per heavy atom. The molecule has 0 unspecified atom stereocenters. The summed E-state index contributed by atoms with van der Waals surface area (Å²) in [5.41, 5.74) is -1.22. The maximum absolute atomic E-state index is 12.9. The maximum Gasteiger partial charge on any atom is 0.417 e. The number of carbonyl (C=O) groups excluding carboxylic acids is 1. The van der Waals surface area contributed by atoms with Gasteiger partial charge in [-0.1, -0.05) is 11.6 Å². The number of methoxy groups -OCH3 is 1. The van der Waals surface area contributed by atoms with Gasteiger partial charge in [-0.15, -0.1) is 10.2 Å². The maximum atomic E-state index is 12.9. The third-order valence-electron chi connectivity index (χ3n) is 4.20. The average Bonchev–Trinajstić information content (AvgIpc) is 3.11. The van der Waals surface area contributed by atoms with E-state index in [-0.39, 0.29) is 27.9 Å². The van der Waals surface area contributed by atoms with E-state index in [9.17, 15) is 22.8 Å². The van der Waals surface area contributed by atoms with Crippen LogP contribution in [0.2, 0.25) is 5.02 Å². The molecule has 0 saturated carbocycles. The smallest absolute Gasteiger partial charge is 0.417 e. The SMILES string of the molecule is COC(=O)c1cnn2c1nnc1c(=O)n(-c3ccc(C(F)(F)F)c(Cl)c3)ccc12. The molecule has 29 heavy (non-hydrogen) atoms.